The molecule has 5 rings (SSSR count). The number of aryl methyl sites for hydroxylation is 1. The van der Waals surface area contributed by atoms with Gasteiger partial charge in [0.15, 0.2) is 11.4 Å². The Balaban J connectivity index is 1.38. The minimum absolute atomic E-state index is 0.139. The molecule has 164 valence electrons. The molecule has 0 saturated carbocycles. The van der Waals surface area contributed by atoms with Crippen LogP contribution in [0.4, 0.5) is 17.3 Å². The molecule has 0 aliphatic heterocycles. The molecular weight excluding hydrogens is 418 g/mol. The van der Waals surface area contributed by atoms with Crippen molar-refractivity contribution in [3.05, 3.63) is 83.7 Å². The Morgan fingerprint density at radius 2 is 1.82 bits per heavy atom. The molecule has 1 amide bonds. The number of aromatic nitrogens is 4. The van der Waals surface area contributed by atoms with E-state index < -0.39 is 0 Å². The van der Waals surface area contributed by atoms with E-state index in [1.807, 2.05) is 43.3 Å². The number of anilines is 3. The minimum atomic E-state index is -0.233. The summed E-state index contributed by atoms with van der Waals surface area (Å²) < 4.78 is 7.46. The molecule has 0 bridgehead atoms. The fraction of sp³-hybridized carbons (Fsp3) is 0.0833. The average molecular weight is 439 g/mol. The number of para-hydroxylation sites is 2. The van der Waals surface area contributed by atoms with Gasteiger partial charge in [0.05, 0.1) is 29.5 Å². The Hall–Kier alpha value is -4.66. The number of amides is 1. The number of benzene rings is 2. The first-order valence-electron chi connectivity index (χ1n) is 10.3. The van der Waals surface area contributed by atoms with E-state index in [2.05, 4.69) is 20.4 Å². The van der Waals surface area contributed by atoms with Crippen LogP contribution in [0.3, 0.4) is 0 Å². The fourth-order valence-corrected chi connectivity index (χ4v) is 3.58. The van der Waals surface area contributed by atoms with Gasteiger partial charge in [-0.1, -0.05) is 24.3 Å². The molecule has 5 aromatic rings. The predicted octanol–water partition coefficient (Wildman–Crippen LogP) is 3.86. The molecular formula is C24H21N7O2. The van der Waals surface area contributed by atoms with Gasteiger partial charge in [-0.2, -0.15) is 10.1 Å². The number of hydrogen-bond donors (Lipinski definition) is 3. The molecule has 0 fully saturated rings. The van der Waals surface area contributed by atoms with Crippen molar-refractivity contribution in [3.63, 3.8) is 0 Å². The van der Waals surface area contributed by atoms with E-state index in [1.54, 1.807) is 35.1 Å². The molecule has 0 aliphatic carbocycles. The quantitative estimate of drug-likeness (QED) is 0.354. The lowest BCUT2D eigenvalue weighted by atomic mass is 10.1. The number of furan rings is 1. The van der Waals surface area contributed by atoms with Crippen molar-refractivity contribution in [2.24, 2.45) is 0 Å². The molecule has 0 atom stereocenters. The van der Waals surface area contributed by atoms with Crippen LogP contribution < -0.4 is 16.8 Å². The van der Waals surface area contributed by atoms with E-state index in [1.165, 1.54) is 0 Å². The molecule has 3 heterocycles. The van der Waals surface area contributed by atoms with Gasteiger partial charge in [0.25, 0.3) is 5.91 Å². The summed E-state index contributed by atoms with van der Waals surface area (Å²) in [7, 11) is 0. The van der Waals surface area contributed by atoms with Crippen LogP contribution in [0, 0.1) is 6.92 Å². The summed E-state index contributed by atoms with van der Waals surface area (Å²) in [5.74, 6) is 1.30. The lowest BCUT2D eigenvalue weighted by Crippen LogP contribution is -2.13. The Labute approximate surface area is 189 Å². The number of carbonyl (C=O) groups excluding carboxylic acids is 1. The van der Waals surface area contributed by atoms with Crippen molar-refractivity contribution in [2.45, 2.75) is 13.5 Å². The first kappa shape index (κ1) is 20.3. The number of nitrogens with zero attached hydrogens (tertiary/aromatic N) is 4. The van der Waals surface area contributed by atoms with Crippen molar-refractivity contribution in [3.8, 4) is 11.5 Å². The van der Waals surface area contributed by atoms with Gasteiger partial charge in [-0.25, -0.2) is 9.67 Å². The maximum absolute atomic E-state index is 12.6. The molecule has 0 saturated heterocycles. The summed E-state index contributed by atoms with van der Waals surface area (Å²) in [5.41, 5.74) is 15.6. The highest BCUT2D eigenvalue weighted by molar-refractivity contribution is 6.05. The zero-order chi connectivity index (χ0) is 22.9. The van der Waals surface area contributed by atoms with Gasteiger partial charge in [-0.05, 0) is 48.9 Å². The summed E-state index contributed by atoms with van der Waals surface area (Å²) >= 11 is 0. The van der Waals surface area contributed by atoms with Crippen molar-refractivity contribution in [1.29, 1.82) is 0 Å². The summed E-state index contributed by atoms with van der Waals surface area (Å²) in [6, 6.07) is 18.1. The van der Waals surface area contributed by atoms with E-state index in [0.717, 1.165) is 16.7 Å². The fourth-order valence-electron chi connectivity index (χ4n) is 3.58. The average Bonchev–Trinajstić information content (AvgIpc) is 3.41. The van der Waals surface area contributed by atoms with Gasteiger partial charge in [-0.3, -0.25) is 4.79 Å². The van der Waals surface area contributed by atoms with E-state index >= 15 is 0 Å². The second-order valence-electron chi connectivity index (χ2n) is 7.62. The number of nitrogens with two attached hydrogens (primary N) is 2. The third-order valence-electron chi connectivity index (χ3n) is 5.24. The lowest BCUT2D eigenvalue weighted by Gasteiger charge is -2.09. The van der Waals surface area contributed by atoms with Crippen LogP contribution in [0.15, 0.2) is 71.3 Å². The molecule has 33 heavy (non-hydrogen) atoms. The predicted molar refractivity (Wildman–Crippen MR) is 127 cm³/mol. The third kappa shape index (κ3) is 3.99. The molecule has 0 radical (unpaired) electrons. The molecule has 5 N–H and O–H groups in total. The van der Waals surface area contributed by atoms with Crippen molar-refractivity contribution < 1.29 is 9.21 Å². The van der Waals surface area contributed by atoms with Crippen molar-refractivity contribution >= 4 is 34.3 Å². The van der Waals surface area contributed by atoms with E-state index in [-0.39, 0.29) is 11.9 Å². The highest BCUT2D eigenvalue weighted by atomic mass is 16.3. The topological polar surface area (TPSA) is 138 Å². The number of hydrogen-bond acceptors (Lipinski definition) is 7. The summed E-state index contributed by atoms with van der Waals surface area (Å²) in [6.07, 6.45) is 1.70. The van der Waals surface area contributed by atoms with Crippen LogP contribution in [0.25, 0.3) is 22.5 Å². The van der Waals surface area contributed by atoms with Crippen LogP contribution >= 0.6 is 0 Å². The summed E-state index contributed by atoms with van der Waals surface area (Å²) in [5, 5.41) is 8.04. The molecule has 0 unspecified atom stereocenters. The van der Waals surface area contributed by atoms with Gasteiger partial charge in [0.2, 0.25) is 5.95 Å². The number of rotatable bonds is 5. The van der Waals surface area contributed by atoms with Crippen molar-refractivity contribution in [1.82, 2.24) is 19.7 Å². The van der Waals surface area contributed by atoms with Crippen LogP contribution in [0.5, 0.6) is 0 Å². The van der Waals surface area contributed by atoms with E-state index in [4.69, 9.17) is 15.9 Å². The molecule has 2 aromatic carbocycles. The summed E-state index contributed by atoms with van der Waals surface area (Å²) in [4.78, 5) is 21.3. The Morgan fingerprint density at radius 3 is 2.55 bits per heavy atom. The van der Waals surface area contributed by atoms with Gasteiger partial charge < -0.3 is 21.2 Å². The SMILES string of the molecule is Cc1ccc(-c2nc(N)nc3c2cnn3Cc2ccc(C(=O)Nc3ccccc3N)cc2)o1. The smallest absolute Gasteiger partial charge is 0.255 e. The number of nitrogens with one attached hydrogen (secondary N) is 1. The van der Waals surface area contributed by atoms with E-state index in [9.17, 15) is 4.79 Å². The Kier molecular flexibility index (Phi) is 4.98. The van der Waals surface area contributed by atoms with E-state index in [0.29, 0.717) is 40.6 Å². The largest absolute Gasteiger partial charge is 0.460 e. The molecule has 0 aliphatic rings. The second-order valence-corrected chi connectivity index (χ2v) is 7.62. The summed E-state index contributed by atoms with van der Waals surface area (Å²) in [6.45, 7) is 2.32. The Bertz CT molecular complexity index is 1470. The van der Waals surface area contributed by atoms with Crippen molar-refractivity contribution in [2.75, 3.05) is 16.8 Å². The van der Waals surface area contributed by atoms with Gasteiger partial charge in [0.1, 0.15) is 11.5 Å². The molecule has 3 aromatic heterocycles. The molecule has 9 nitrogen and oxygen atoms in total. The van der Waals surface area contributed by atoms with Crippen LogP contribution in [0.1, 0.15) is 21.7 Å². The zero-order valence-corrected chi connectivity index (χ0v) is 17.8. The highest BCUT2D eigenvalue weighted by Crippen LogP contribution is 2.28. The minimum Gasteiger partial charge on any atom is -0.460 e. The van der Waals surface area contributed by atoms with Crippen LogP contribution in [0.2, 0.25) is 0 Å². The maximum Gasteiger partial charge on any atom is 0.255 e. The molecule has 0 spiro atoms. The lowest BCUT2D eigenvalue weighted by molar-refractivity contribution is 0.102. The number of nitrogen functional groups attached to an aromatic ring is 2. The monoisotopic (exact) mass is 439 g/mol. The molecule has 9 heteroatoms. The normalized spacial score (nSPS) is 11.1. The van der Waals surface area contributed by atoms with Crippen LogP contribution in [-0.4, -0.2) is 25.7 Å². The Morgan fingerprint density at radius 1 is 1.03 bits per heavy atom. The number of fused-ring (bicyclic) bond motifs is 1. The zero-order valence-electron chi connectivity index (χ0n) is 17.8. The first-order chi connectivity index (χ1) is 16.0. The van der Waals surface area contributed by atoms with Gasteiger partial charge in [0, 0.05) is 5.56 Å². The second kappa shape index (κ2) is 8.12. The third-order valence-corrected chi connectivity index (χ3v) is 5.24. The highest BCUT2D eigenvalue weighted by Gasteiger charge is 2.16. The van der Waals surface area contributed by atoms with Gasteiger partial charge in [-0.15, -0.1) is 0 Å². The van der Waals surface area contributed by atoms with Crippen LogP contribution in [-0.2, 0) is 6.54 Å². The maximum atomic E-state index is 12.6. The first-order valence-corrected chi connectivity index (χ1v) is 10.3. The van der Waals surface area contributed by atoms with Gasteiger partial charge >= 0.3 is 0 Å². The number of carbonyl (C=O) groups is 1. The standard InChI is InChI=1S/C24H21N7O2/c1-14-6-11-20(33-14)21-17-12-27-31(22(17)30-24(26)29-21)13-15-7-9-16(10-8-15)23(32)28-19-5-3-2-4-18(19)25/h2-12H,13,25H2,1H3,(H,28,32)(H2,26,29,30).